The first kappa shape index (κ1) is 23.5. The number of hydrogen-bond donors (Lipinski definition) is 4. The third-order valence-electron chi connectivity index (χ3n) is 4.59. The lowest BCUT2D eigenvalue weighted by Crippen LogP contribution is -2.58. The van der Waals surface area contributed by atoms with E-state index in [2.05, 4.69) is 17.6 Å². The number of unbranched alkanes of at least 4 members (excludes halogenated alkanes) is 4. The molecule has 1 aromatic carbocycles. The van der Waals surface area contributed by atoms with Crippen molar-refractivity contribution in [1.29, 1.82) is 0 Å². The zero-order valence-electron chi connectivity index (χ0n) is 16.9. The van der Waals surface area contributed by atoms with Crippen molar-refractivity contribution >= 4 is 17.7 Å². The summed E-state index contributed by atoms with van der Waals surface area (Å²) >= 11 is 0. The minimum absolute atomic E-state index is 0.180. The summed E-state index contributed by atoms with van der Waals surface area (Å²) in [5.41, 5.74) is 4.86. The molecule has 0 saturated carbocycles. The van der Waals surface area contributed by atoms with Crippen LogP contribution in [0.15, 0.2) is 24.3 Å². The summed E-state index contributed by atoms with van der Waals surface area (Å²) in [6, 6.07) is 6.69. The van der Waals surface area contributed by atoms with Crippen LogP contribution in [0.25, 0.3) is 0 Å². The van der Waals surface area contributed by atoms with E-state index in [-0.39, 0.29) is 18.1 Å². The summed E-state index contributed by atoms with van der Waals surface area (Å²) in [6.45, 7) is 3.98. The molecule has 0 saturated heterocycles. The molecule has 0 spiro atoms. The number of nitrogens with two attached hydrogens (primary N) is 1. The van der Waals surface area contributed by atoms with E-state index in [1.54, 1.807) is 24.3 Å². The predicted octanol–water partition coefficient (Wildman–Crippen LogP) is 2.16. The van der Waals surface area contributed by atoms with Gasteiger partial charge in [-0.15, -0.1) is 0 Å². The van der Waals surface area contributed by atoms with Crippen molar-refractivity contribution in [2.75, 3.05) is 6.54 Å². The number of primary amides is 1. The van der Waals surface area contributed by atoms with Gasteiger partial charge in [0, 0.05) is 13.0 Å². The van der Waals surface area contributed by atoms with Gasteiger partial charge in [-0.3, -0.25) is 14.4 Å². The molecule has 7 heteroatoms. The van der Waals surface area contributed by atoms with Crippen LogP contribution in [-0.4, -0.2) is 34.9 Å². The molecule has 0 radical (unpaired) electrons. The molecule has 3 amide bonds. The number of nitrogens with one attached hydrogen (secondary N) is 2. The molecule has 0 fully saturated rings. The standard InChI is InChI=1S/C21H33N3O4/c1-3-4-5-6-7-8-19(27)24-21(2,15-18(22)26)20(28)23-14-13-16-9-11-17(25)12-10-16/h9-12,25H,3-8,13-15H2,1-2H3,(H2,22,26)(H,23,28)(H,24,27). The fourth-order valence-electron chi connectivity index (χ4n) is 2.97. The molecule has 28 heavy (non-hydrogen) atoms. The van der Waals surface area contributed by atoms with Crippen LogP contribution in [0.2, 0.25) is 0 Å². The smallest absolute Gasteiger partial charge is 0.246 e. The molecule has 0 aliphatic rings. The normalized spacial score (nSPS) is 12.8. The molecule has 156 valence electrons. The largest absolute Gasteiger partial charge is 0.508 e. The van der Waals surface area contributed by atoms with Gasteiger partial charge in [0.2, 0.25) is 17.7 Å². The van der Waals surface area contributed by atoms with Crippen LogP contribution >= 0.6 is 0 Å². The highest BCUT2D eigenvalue weighted by Crippen LogP contribution is 2.13. The molecule has 5 N–H and O–H groups in total. The van der Waals surface area contributed by atoms with Crippen LogP contribution in [-0.2, 0) is 20.8 Å². The Morgan fingerprint density at radius 1 is 1.07 bits per heavy atom. The van der Waals surface area contributed by atoms with Crippen LogP contribution < -0.4 is 16.4 Å². The molecule has 7 nitrogen and oxygen atoms in total. The topological polar surface area (TPSA) is 122 Å². The predicted molar refractivity (Wildman–Crippen MR) is 109 cm³/mol. The highest BCUT2D eigenvalue weighted by molar-refractivity contribution is 5.95. The van der Waals surface area contributed by atoms with E-state index in [4.69, 9.17) is 5.73 Å². The van der Waals surface area contributed by atoms with Crippen molar-refractivity contribution in [2.45, 2.75) is 70.8 Å². The summed E-state index contributed by atoms with van der Waals surface area (Å²) in [7, 11) is 0. The molecule has 0 aliphatic carbocycles. The molecule has 1 aromatic rings. The zero-order valence-corrected chi connectivity index (χ0v) is 16.9. The van der Waals surface area contributed by atoms with Gasteiger partial charge in [-0.25, -0.2) is 0 Å². The average Bonchev–Trinajstić information content (AvgIpc) is 2.62. The zero-order chi connectivity index (χ0) is 21.0. The van der Waals surface area contributed by atoms with Gasteiger partial charge in [0.15, 0.2) is 0 Å². The van der Waals surface area contributed by atoms with E-state index in [1.165, 1.54) is 6.92 Å². The van der Waals surface area contributed by atoms with Gasteiger partial charge < -0.3 is 21.5 Å². The lowest BCUT2D eigenvalue weighted by molar-refractivity contribution is -0.135. The Hall–Kier alpha value is -2.57. The second kappa shape index (κ2) is 12.0. The van der Waals surface area contributed by atoms with E-state index in [0.29, 0.717) is 19.4 Å². The number of benzene rings is 1. The number of amides is 3. The van der Waals surface area contributed by atoms with Crippen LogP contribution in [0.3, 0.4) is 0 Å². The number of carbonyl (C=O) groups is 3. The fraction of sp³-hybridized carbons (Fsp3) is 0.571. The monoisotopic (exact) mass is 391 g/mol. The van der Waals surface area contributed by atoms with Crippen molar-refractivity contribution in [2.24, 2.45) is 5.73 Å². The van der Waals surface area contributed by atoms with Gasteiger partial charge >= 0.3 is 0 Å². The number of carbonyl (C=O) groups excluding carboxylic acids is 3. The van der Waals surface area contributed by atoms with Crippen LogP contribution in [0.4, 0.5) is 0 Å². The van der Waals surface area contributed by atoms with Gasteiger partial charge in [-0.1, -0.05) is 44.7 Å². The van der Waals surface area contributed by atoms with E-state index < -0.39 is 17.4 Å². The molecular weight excluding hydrogens is 358 g/mol. The molecule has 0 heterocycles. The molecule has 0 bridgehead atoms. The SMILES string of the molecule is CCCCCCCC(=O)NC(C)(CC(N)=O)C(=O)NCCc1ccc(O)cc1. The Bertz CT molecular complexity index is 646. The minimum Gasteiger partial charge on any atom is -0.508 e. The van der Waals surface area contributed by atoms with Crippen LogP contribution in [0.5, 0.6) is 5.75 Å². The Morgan fingerprint density at radius 2 is 1.71 bits per heavy atom. The highest BCUT2D eigenvalue weighted by Gasteiger charge is 2.36. The summed E-state index contributed by atoms with van der Waals surface area (Å²) in [6.07, 6.45) is 5.69. The van der Waals surface area contributed by atoms with E-state index in [1.807, 2.05) is 0 Å². The van der Waals surface area contributed by atoms with Crippen molar-refractivity contribution < 1.29 is 19.5 Å². The molecule has 1 rings (SSSR count). The highest BCUT2D eigenvalue weighted by atomic mass is 16.3. The van der Waals surface area contributed by atoms with Crippen LogP contribution in [0.1, 0.15) is 64.4 Å². The maximum Gasteiger partial charge on any atom is 0.246 e. The van der Waals surface area contributed by atoms with Crippen molar-refractivity contribution in [3.63, 3.8) is 0 Å². The Labute approximate surface area is 167 Å². The van der Waals surface area contributed by atoms with Gasteiger partial charge in [0.25, 0.3) is 0 Å². The maximum atomic E-state index is 12.6. The summed E-state index contributed by atoms with van der Waals surface area (Å²) < 4.78 is 0. The summed E-state index contributed by atoms with van der Waals surface area (Å²) in [5, 5.41) is 14.7. The first-order valence-corrected chi connectivity index (χ1v) is 9.92. The quantitative estimate of drug-likeness (QED) is 0.385. The second-order valence-corrected chi connectivity index (χ2v) is 7.36. The number of phenols is 1. The summed E-state index contributed by atoms with van der Waals surface area (Å²) in [5.74, 6) is -1.17. The second-order valence-electron chi connectivity index (χ2n) is 7.36. The van der Waals surface area contributed by atoms with Crippen LogP contribution in [0, 0.1) is 0 Å². The van der Waals surface area contributed by atoms with Gasteiger partial charge in [-0.05, 0) is 37.5 Å². The third-order valence-corrected chi connectivity index (χ3v) is 4.59. The maximum absolute atomic E-state index is 12.6. The minimum atomic E-state index is -1.37. The lowest BCUT2D eigenvalue weighted by Gasteiger charge is -2.28. The Kier molecular flexibility index (Phi) is 10.1. The lowest BCUT2D eigenvalue weighted by atomic mass is 9.95. The van der Waals surface area contributed by atoms with Gasteiger partial charge in [0.05, 0.1) is 6.42 Å². The average molecular weight is 392 g/mol. The first-order chi connectivity index (χ1) is 13.3. The Balaban J connectivity index is 2.55. The van der Waals surface area contributed by atoms with E-state index in [0.717, 1.165) is 37.7 Å². The third kappa shape index (κ3) is 8.88. The molecular formula is C21H33N3O4. The number of aromatic hydroxyl groups is 1. The van der Waals surface area contributed by atoms with Crippen molar-refractivity contribution in [1.82, 2.24) is 10.6 Å². The Morgan fingerprint density at radius 3 is 2.32 bits per heavy atom. The molecule has 0 aromatic heterocycles. The fourth-order valence-corrected chi connectivity index (χ4v) is 2.97. The number of rotatable bonds is 13. The number of hydrogen-bond acceptors (Lipinski definition) is 4. The van der Waals surface area contributed by atoms with E-state index in [9.17, 15) is 19.5 Å². The molecule has 0 aliphatic heterocycles. The number of phenolic OH excluding ortho intramolecular Hbond substituents is 1. The summed E-state index contributed by atoms with van der Waals surface area (Å²) in [4.78, 5) is 36.3. The van der Waals surface area contributed by atoms with Gasteiger partial charge in [0.1, 0.15) is 11.3 Å². The van der Waals surface area contributed by atoms with E-state index >= 15 is 0 Å². The first-order valence-electron chi connectivity index (χ1n) is 9.92. The molecule has 1 atom stereocenters. The molecule has 1 unspecified atom stereocenters. The van der Waals surface area contributed by atoms with Crippen molar-refractivity contribution in [3.8, 4) is 5.75 Å². The van der Waals surface area contributed by atoms with Gasteiger partial charge in [-0.2, -0.15) is 0 Å². The van der Waals surface area contributed by atoms with Crippen molar-refractivity contribution in [3.05, 3.63) is 29.8 Å².